The summed E-state index contributed by atoms with van der Waals surface area (Å²) in [6, 6.07) is 17.5. The molecule has 2 aromatic rings. The van der Waals surface area contributed by atoms with Crippen LogP contribution in [0.3, 0.4) is 0 Å². The average Bonchev–Trinajstić information content (AvgIpc) is 3.01. The summed E-state index contributed by atoms with van der Waals surface area (Å²) in [6.07, 6.45) is 0. The van der Waals surface area contributed by atoms with Crippen LogP contribution in [-0.2, 0) is 24.6 Å². The molecule has 4 nitrogen and oxygen atoms in total. The van der Waals surface area contributed by atoms with Crippen molar-refractivity contribution in [3.8, 4) is 23.0 Å². The molecule has 0 aliphatic heterocycles. The van der Waals surface area contributed by atoms with E-state index >= 15 is 0 Å². The van der Waals surface area contributed by atoms with Crippen molar-refractivity contribution in [1.29, 1.82) is 0 Å². The van der Waals surface area contributed by atoms with Crippen molar-refractivity contribution in [1.82, 2.24) is 0 Å². The van der Waals surface area contributed by atoms with Gasteiger partial charge < -0.3 is 18.1 Å². The van der Waals surface area contributed by atoms with Gasteiger partial charge in [-0.1, -0.05) is 130 Å². The third-order valence-electron chi connectivity index (χ3n) is 6.45. The fourth-order valence-corrected chi connectivity index (χ4v) is 12.7. The fraction of sp³-hybridized carbons (Fsp3) is 0.676. The van der Waals surface area contributed by atoms with E-state index in [0.717, 1.165) is 23.0 Å². The molecule has 0 saturated carbocycles. The Morgan fingerprint density at radius 3 is 0.940 bits per heavy atom. The minimum absolute atomic E-state index is 0. The second-order valence-electron chi connectivity index (χ2n) is 13.5. The van der Waals surface area contributed by atoms with Gasteiger partial charge in [-0.25, -0.2) is 0 Å². The summed E-state index contributed by atoms with van der Waals surface area (Å²) < 4.78 is 25.0. The van der Waals surface area contributed by atoms with E-state index in [4.69, 9.17) is 18.1 Å². The molecule has 0 fully saturated rings. The molecule has 0 radical (unpaired) electrons. The van der Waals surface area contributed by atoms with Crippen molar-refractivity contribution >= 4 is 75.3 Å². The van der Waals surface area contributed by atoms with E-state index in [1.165, 1.54) is 10.9 Å². The first kappa shape index (κ1) is 56.1. The molecule has 13 heteroatoms. The molecule has 0 unspecified atom stereocenters. The zero-order valence-electron chi connectivity index (χ0n) is 32.3. The molecule has 0 N–H and O–H groups in total. The molecule has 0 bridgehead atoms. The molecule has 0 aliphatic carbocycles. The second kappa shape index (κ2) is 31.9. The Hall–Kier alpha value is 1.79. The third-order valence-corrected chi connectivity index (χ3v) is 16.2. The molecule has 0 spiro atoms. The first-order valence-electron chi connectivity index (χ1n) is 16.8. The van der Waals surface area contributed by atoms with E-state index < -0.39 is 32.6 Å². The Morgan fingerprint density at radius 2 is 0.700 bits per heavy atom. The number of halogens is 3. The van der Waals surface area contributed by atoms with Gasteiger partial charge >= 0.3 is 67.3 Å². The van der Waals surface area contributed by atoms with E-state index in [2.05, 4.69) is 179 Å². The van der Waals surface area contributed by atoms with Crippen LogP contribution in [0.4, 0.5) is 0 Å². The van der Waals surface area contributed by atoms with Crippen LogP contribution in [0.5, 0.6) is 23.0 Å². The summed E-state index contributed by atoms with van der Waals surface area (Å²) >= 11 is 12.2. The summed E-state index contributed by atoms with van der Waals surface area (Å²) in [7, 11) is -0.664. The van der Waals surface area contributed by atoms with Crippen LogP contribution in [-0.4, -0.2) is 45.3 Å². The van der Waals surface area contributed by atoms with Crippen LogP contribution < -0.4 is 18.1 Å². The van der Waals surface area contributed by atoms with Gasteiger partial charge in [-0.15, -0.1) is 12.1 Å². The van der Waals surface area contributed by atoms with Gasteiger partial charge in [0.1, 0.15) is 11.5 Å². The Balaban J connectivity index is -0.000000768. The molecule has 0 atom stereocenters. The van der Waals surface area contributed by atoms with Gasteiger partial charge in [0, 0.05) is 62.8 Å². The van der Waals surface area contributed by atoms with E-state index in [1.54, 1.807) is 0 Å². The number of hydrogen-bond donors (Lipinski definition) is 0. The first-order valence-corrected chi connectivity index (χ1v) is 29.7. The van der Waals surface area contributed by atoms with Gasteiger partial charge in [0.05, 0.1) is 32.6 Å². The van der Waals surface area contributed by atoms with Crippen LogP contribution in [0.25, 0.3) is 0 Å². The van der Waals surface area contributed by atoms with Gasteiger partial charge in [0.2, 0.25) is 0 Å². The molecule has 0 aromatic heterocycles. The molecule has 2 aromatic carbocycles. The van der Waals surface area contributed by atoms with Crippen molar-refractivity contribution in [2.75, 3.05) is 0 Å². The van der Waals surface area contributed by atoms with Crippen LogP contribution in [0.1, 0.15) is 118 Å². The van der Waals surface area contributed by atoms with Gasteiger partial charge in [-0.3, -0.25) is 0 Å². The molecular weight excluding hydrogens is 989 g/mol. The van der Waals surface area contributed by atoms with E-state index in [1.807, 2.05) is 36.4 Å². The second-order valence-corrected chi connectivity index (χ2v) is 30.3. The van der Waals surface area contributed by atoms with Crippen molar-refractivity contribution in [2.45, 2.75) is 163 Å². The normalized spacial score (nSPS) is 11.4. The summed E-state index contributed by atoms with van der Waals surface area (Å²) in [5.41, 5.74) is 4.39. The first-order chi connectivity index (χ1) is 22.9. The van der Waals surface area contributed by atoms with E-state index in [-0.39, 0.29) is 7.43 Å². The van der Waals surface area contributed by atoms with Gasteiger partial charge in [-0.2, -0.15) is 6.07 Å². The van der Waals surface area contributed by atoms with Crippen LogP contribution in [0, 0.1) is 6.07 Å². The van der Waals surface area contributed by atoms with E-state index in [0.29, 0.717) is 45.3 Å². The monoisotopic (exact) mass is 1050 g/mol. The molecule has 301 valence electrons. The molecular formula is C37H67Br3Ni2O4P4-. The Kier molecular flexibility index (Phi) is 35.8. The van der Waals surface area contributed by atoms with Crippen molar-refractivity contribution < 1.29 is 42.7 Å². The predicted molar refractivity (Wildman–Crippen MR) is 237 cm³/mol. The van der Waals surface area contributed by atoms with Crippen LogP contribution in [0.2, 0.25) is 0 Å². The topological polar surface area (TPSA) is 36.9 Å². The summed E-state index contributed by atoms with van der Waals surface area (Å²) in [4.78, 5) is 0. The number of benzene rings is 2. The maximum atomic E-state index is 6.27. The quantitative estimate of drug-likeness (QED) is 0.0954. The third kappa shape index (κ3) is 24.3. The van der Waals surface area contributed by atoms with Gasteiger partial charge in [0.15, 0.2) is 0 Å². The number of rotatable bonds is 16. The fourth-order valence-electron chi connectivity index (χ4n) is 4.82. The Bertz CT molecular complexity index is 910. The predicted octanol–water partition coefficient (Wildman–Crippen LogP) is 16.7. The maximum absolute atomic E-state index is 6.27. The van der Waals surface area contributed by atoms with Crippen LogP contribution >= 0.6 is 75.3 Å². The zero-order chi connectivity index (χ0) is 38.4. The summed E-state index contributed by atoms with van der Waals surface area (Å²) in [5.74, 6) is 3.50. The van der Waals surface area contributed by atoms with Crippen molar-refractivity contribution in [3.63, 3.8) is 0 Å². The van der Waals surface area contributed by atoms with E-state index in [9.17, 15) is 0 Å². The molecule has 2 rings (SSSR count). The van der Waals surface area contributed by atoms with Crippen molar-refractivity contribution in [2.24, 2.45) is 0 Å². The van der Waals surface area contributed by atoms with Gasteiger partial charge in [-0.05, 0) is 12.1 Å². The van der Waals surface area contributed by atoms with Gasteiger partial charge in [0.25, 0.3) is 0 Å². The van der Waals surface area contributed by atoms with Crippen molar-refractivity contribution in [3.05, 3.63) is 48.5 Å². The molecule has 0 amide bonds. The molecule has 50 heavy (non-hydrogen) atoms. The SMILES string of the molecule is C.CC(C)P(Oc1[c-]c(OP(C(C)C)C(C)C)ccc1)C(C)C.CC(C)P(Oc1cccc(OP(C(C)C)C(C)C)c1)C(C)C.[Br][Ni][Br].[Ni][Br]. The number of hydrogen-bond acceptors (Lipinski definition) is 4. The molecule has 0 heterocycles. The average molecular weight is 1060 g/mol. The summed E-state index contributed by atoms with van der Waals surface area (Å²) in [6.45, 7) is 35.7. The minimum atomic E-state index is -0.494. The zero-order valence-corrected chi connectivity index (χ0v) is 42.7. The Morgan fingerprint density at radius 1 is 0.480 bits per heavy atom. The molecule has 0 aliphatic rings. The van der Waals surface area contributed by atoms with Crippen LogP contribution in [0.15, 0.2) is 42.5 Å². The molecule has 0 saturated heterocycles. The summed E-state index contributed by atoms with van der Waals surface area (Å²) in [5, 5.41) is 0. The Labute approximate surface area is 349 Å². The standard InChI is InChI=1S/C18H32O2P2.C18H31O2P2.CH4.3BrH.2Ni/c2*1-13(2)21(14(3)4)19-17-10-9-11-18(12-17)20-22(15(5)6)16(7)8;;;;;;/h9-16H,1-8H3;9-11,13-16H,1-8H3;1H4;3*1H;;/q;-1;;;;;+1;+2/p-3.